The van der Waals surface area contributed by atoms with Gasteiger partial charge in [0.2, 0.25) is 0 Å². The molecular formula is C30H34N2OS. The Bertz CT molecular complexity index is 1100. The molecule has 0 radical (unpaired) electrons. The Morgan fingerprint density at radius 3 is 2.29 bits per heavy atom. The van der Waals surface area contributed by atoms with Crippen LogP contribution < -0.4 is 0 Å². The first kappa shape index (κ1) is 23.3. The summed E-state index contributed by atoms with van der Waals surface area (Å²) in [6.07, 6.45) is 2.17. The van der Waals surface area contributed by atoms with E-state index in [9.17, 15) is 0 Å². The smallest absolute Gasteiger partial charge is 0.0602 e. The van der Waals surface area contributed by atoms with Crippen molar-refractivity contribution >= 4 is 21.4 Å². The summed E-state index contributed by atoms with van der Waals surface area (Å²) in [6.45, 7) is 7.05. The molecule has 0 aliphatic carbocycles. The molecule has 0 N–H and O–H groups in total. The molecule has 0 spiro atoms. The van der Waals surface area contributed by atoms with E-state index in [2.05, 4.69) is 100 Å². The van der Waals surface area contributed by atoms with Crippen LogP contribution in [0.25, 0.3) is 10.1 Å². The molecule has 1 fully saturated rings. The predicted molar refractivity (Wildman–Crippen MR) is 144 cm³/mol. The molecule has 4 aromatic rings. The SMILES string of the molecule is c1ccc(C(c2ccccc2)N2CCCN(CCOCCc3ccc4sccc4c3)CC2)cc1. The van der Waals surface area contributed by atoms with Crippen LogP contribution >= 0.6 is 11.3 Å². The van der Waals surface area contributed by atoms with Crippen LogP contribution in [0.15, 0.2) is 90.3 Å². The fourth-order valence-electron chi connectivity index (χ4n) is 5.01. The summed E-state index contributed by atoms with van der Waals surface area (Å²) in [7, 11) is 0. The van der Waals surface area contributed by atoms with Crippen LogP contribution in [0.2, 0.25) is 0 Å². The molecule has 4 heteroatoms. The van der Waals surface area contributed by atoms with Gasteiger partial charge in [-0.2, -0.15) is 0 Å². The second-order valence-electron chi connectivity index (χ2n) is 9.11. The van der Waals surface area contributed by atoms with Crippen LogP contribution in [-0.2, 0) is 11.2 Å². The Kier molecular flexibility index (Phi) is 8.05. The summed E-state index contributed by atoms with van der Waals surface area (Å²) in [6, 6.07) is 31.2. The van der Waals surface area contributed by atoms with Crippen molar-refractivity contribution in [3.63, 3.8) is 0 Å². The standard InChI is InChI=1S/C30H34N2OS/c1-3-8-26(9-4-1)30(27-10-5-2-6-11-27)32-17-7-16-31(18-19-32)20-22-33-21-14-25-12-13-29-28(24-25)15-23-34-29/h1-6,8-13,15,23-24,30H,7,14,16-22H2. The number of nitrogens with zero attached hydrogens (tertiary/aromatic N) is 2. The number of fused-ring (bicyclic) bond motifs is 1. The summed E-state index contributed by atoms with van der Waals surface area (Å²) in [5.41, 5.74) is 4.13. The Morgan fingerprint density at radius 2 is 1.53 bits per heavy atom. The van der Waals surface area contributed by atoms with Crippen molar-refractivity contribution in [1.82, 2.24) is 9.80 Å². The van der Waals surface area contributed by atoms with Crippen molar-refractivity contribution in [2.24, 2.45) is 0 Å². The van der Waals surface area contributed by atoms with Crippen molar-refractivity contribution in [2.45, 2.75) is 18.9 Å². The van der Waals surface area contributed by atoms with Gasteiger partial charge in [0.15, 0.2) is 0 Å². The monoisotopic (exact) mass is 470 g/mol. The van der Waals surface area contributed by atoms with Gasteiger partial charge in [-0.25, -0.2) is 0 Å². The lowest BCUT2D eigenvalue weighted by Crippen LogP contribution is -2.35. The number of hydrogen-bond acceptors (Lipinski definition) is 4. The lowest BCUT2D eigenvalue weighted by Gasteiger charge is -2.31. The normalized spacial score (nSPS) is 15.7. The zero-order valence-electron chi connectivity index (χ0n) is 19.8. The zero-order chi connectivity index (χ0) is 23.0. The second kappa shape index (κ2) is 11.8. The number of rotatable bonds is 9. The minimum Gasteiger partial charge on any atom is -0.380 e. The molecule has 34 heavy (non-hydrogen) atoms. The van der Waals surface area contributed by atoms with E-state index in [1.54, 1.807) is 11.3 Å². The first-order chi connectivity index (χ1) is 16.9. The highest BCUT2D eigenvalue weighted by Gasteiger charge is 2.24. The van der Waals surface area contributed by atoms with Crippen molar-refractivity contribution in [3.05, 3.63) is 107 Å². The Balaban J connectivity index is 1.11. The quantitative estimate of drug-likeness (QED) is 0.269. The molecule has 5 rings (SSSR count). The average Bonchev–Trinajstić information content (AvgIpc) is 3.24. The zero-order valence-corrected chi connectivity index (χ0v) is 20.6. The highest BCUT2D eigenvalue weighted by Crippen LogP contribution is 2.29. The van der Waals surface area contributed by atoms with E-state index in [1.807, 2.05) is 0 Å². The van der Waals surface area contributed by atoms with Gasteiger partial charge >= 0.3 is 0 Å². The van der Waals surface area contributed by atoms with E-state index in [4.69, 9.17) is 4.74 Å². The van der Waals surface area contributed by atoms with Gasteiger partial charge in [-0.15, -0.1) is 11.3 Å². The number of hydrogen-bond donors (Lipinski definition) is 0. The highest BCUT2D eigenvalue weighted by molar-refractivity contribution is 7.17. The van der Waals surface area contributed by atoms with Crippen molar-refractivity contribution in [1.29, 1.82) is 0 Å². The van der Waals surface area contributed by atoms with Crippen LogP contribution in [0, 0.1) is 0 Å². The molecule has 2 heterocycles. The number of benzene rings is 3. The van der Waals surface area contributed by atoms with E-state index < -0.39 is 0 Å². The van der Waals surface area contributed by atoms with Crippen molar-refractivity contribution < 1.29 is 4.74 Å². The summed E-state index contributed by atoms with van der Waals surface area (Å²) in [4.78, 5) is 5.23. The van der Waals surface area contributed by atoms with E-state index in [0.29, 0.717) is 6.04 Å². The molecule has 0 unspecified atom stereocenters. The topological polar surface area (TPSA) is 15.7 Å². The molecule has 1 aliphatic rings. The molecule has 3 aromatic carbocycles. The molecule has 0 bridgehead atoms. The molecule has 0 amide bonds. The molecule has 3 nitrogen and oxygen atoms in total. The van der Waals surface area contributed by atoms with Gasteiger partial charge in [0.25, 0.3) is 0 Å². The van der Waals surface area contributed by atoms with Crippen LogP contribution in [0.3, 0.4) is 0 Å². The second-order valence-corrected chi connectivity index (χ2v) is 10.1. The first-order valence-corrected chi connectivity index (χ1v) is 13.3. The third-order valence-corrected chi connectivity index (χ3v) is 7.72. The van der Waals surface area contributed by atoms with E-state index >= 15 is 0 Å². The number of ether oxygens (including phenoxy) is 1. The van der Waals surface area contributed by atoms with Gasteiger partial charge in [-0.3, -0.25) is 9.80 Å². The molecule has 176 valence electrons. The summed E-state index contributed by atoms with van der Waals surface area (Å²) in [5, 5.41) is 3.51. The van der Waals surface area contributed by atoms with Crippen LogP contribution in [-0.4, -0.2) is 55.7 Å². The summed E-state index contributed by atoms with van der Waals surface area (Å²) < 4.78 is 7.40. The fourth-order valence-corrected chi connectivity index (χ4v) is 5.79. The Hall–Kier alpha value is -2.50. The summed E-state index contributed by atoms with van der Waals surface area (Å²) >= 11 is 1.80. The van der Waals surface area contributed by atoms with Crippen LogP contribution in [0.5, 0.6) is 0 Å². The fraction of sp³-hybridized carbons (Fsp3) is 0.333. The van der Waals surface area contributed by atoms with Gasteiger partial charge in [-0.05, 0) is 59.0 Å². The van der Waals surface area contributed by atoms with Gasteiger partial charge in [0.1, 0.15) is 0 Å². The third kappa shape index (κ3) is 5.94. The largest absolute Gasteiger partial charge is 0.380 e. The average molecular weight is 471 g/mol. The maximum atomic E-state index is 6.03. The molecule has 1 aromatic heterocycles. The van der Waals surface area contributed by atoms with Crippen molar-refractivity contribution in [3.8, 4) is 0 Å². The highest BCUT2D eigenvalue weighted by atomic mass is 32.1. The predicted octanol–water partition coefficient (Wildman–Crippen LogP) is 6.26. The maximum absolute atomic E-state index is 6.03. The lowest BCUT2D eigenvalue weighted by molar-refractivity contribution is 0.106. The van der Waals surface area contributed by atoms with E-state index in [1.165, 1.54) is 33.2 Å². The lowest BCUT2D eigenvalue weighted by atomic mass is 9.97. The van der Waals surface area contributed by atoms with Crippen LogP contribution in [0.4, 0.5) is 0 Å². The molecule has 0 saturated carbocycles. The van der Waals surface area contributed by atoms with Crippen molar-refractivity contribution in [2.75, 3.05) is 45.9 Å². The first-order valence-electron chi connectivity index (χ1n) is 12.5. The summed E-state index contributed by atoms with van der Waals surface area (Å²) in [5.74, 6) is 0. The molecular weight excluding hydrogens is 436 g/mol. The van der Waals surface area contributed by atoms with E-state index in [0.717, 1.165) is 52.4 Å². The van der Waals surface area contributed by atoms with Gasteiger partial charge in [0, 0.05) is 30.9 Å². The number of thiophene rings is 1. The van der Waals surface area contributed by atoms with E-state index in [-0.39, 0.29) is 0 Å². The molecule has 0 atom stereocenters. The van der Waals surface area contributed by atoms with Crippen LogP contribution in [0.1, 0.15) is 29.2 Å². The minimum absolute atomic E-state index is 0.319. The molecule has 1 saturated heterocycles. The Morgan fingerprint density at radius 1 is 0.765 bits per heavy atom. The van der Waals surface area contributed by atoms with Gasteiger partial charge < -0.3 is 4.74 Å². The third-order valence-electron chi connectivity index (χ3n) is 6.82. The van der Waals surface area contributed by atoms with Gasteiger partial charge in [-0.1, -0.05) is 72.8 Å². The molecule has 1 aliphatic heterocycles. The van der Waals surface area contributed by atoms with Gasteiger partial charge in [0.05, 0.1) is 19.3 Å². The minimum atomic E-state index is 0.319. The maximum Gasteiger partial charge on any atom is 0.0602 e. The Labute approximate surface area is 207 Å².